The predicted molar refractivity (Wildman–Crippen MR) is 45.7 cm³/mol. The van der Waals surface area contributed by atoms with Crippen molar-refractivity contribution in [2.24, 2.45) is 5.73 Å². The molecule has 0 saturated heterocycles. The molecule has 1 aromatic carbocycles. The summed E-state index contributed by atoms with van der Waals surface area (Å²) in [5, 5.41) is 17.7. The van der Waals surface area contributed by atoms with E-state index in [4.69, 9.17) is 11.0 Å². The number of phenolic OH excluding ortho intramolecular Hbond substituents is 1. The molecule has 5 heteroatoms. The Morgan fingerprint density at radius 2 is 2.21 bits per heavy atom. The van der Waals surface area contributed by atoms with Crippen molar-refractivity contribution in [1.82, 2.24) is 0 Å². The van der Waals surface area contributed by atoms with E-state index in [0.717, 1.165) is 6.07 Å². The molecule has 0 aromatic heterocycles. The van der Waals surface area contributed by atoms with Crippen LogP contribution in [0.4, 0.5) is 8.78 Å². The van der Waals surface area contributed by atoms with Gasteiger partial charge in [0.05, 0.1) is 17.7 Å². The van der Waals surface area contributed by atoms with E-state index in [0.29, 0.717) is 0 Å². The molecule has 0 radical (unpaired) electrons. The summed E-state index contributed by atoms with van der Waals surface area (Å²) in [5.41, 5.74) is 5.18. The van der Waals surface area contributed by atoms with Gasteiger partial charge in [-0.2, -0.15) is 5.26 Å². The van der Waals surface area contributed by atoms with Gasteiger partial charge in [-0.05, 0) is 12.1 Å². The number of phenols is 1. The monoisotopic (exact) mass is 198 g/mol. The summed E-state index contributed by atoms with van der Waals surface area (Å²) in [6, 6.07) is 2.61. The third-order valence-corrected chi connectivity index (χ3v) is 1.79. The lowest BCUT2D eigenvalue weighted by Crippen LogP contribution is -2.13. The fourth-order valence-corrected chi connectivity index (χ4v) is 1.05. The molecule has 0 aliphatic rings. The van der Waals surface area contributed by atoms with Crippen molar-refractivity contribution in [2.75, 3.05) is 6.67 Å². The van der Waals surface area contributed by atoms with Gasteiger partial charge in [-0.1, -0.05) is 0 Å². The van der Waals surface area contributed by atoms with Crippen LogP contribution in [0.3, 0.4) is 0 Å². The summed E-state index contributed by atoms with van der Waals surface area (Å²) >= 11 is 0. The van der Waals surface area contributed by atoms with Gasteiger partial charge in [0.25, 0.3) is 0 Å². The second kappa shape index (κ2) is 4.03. The van der Waals surface area contributed by atoms with Crippen LogP contribution in [0.5, 0.6) is 5.75 Å². The van der Waals surface area contributed by atoms with Crippen molar-refractivity contribution in [2.45, 2.75) is 6.04 Å². The van der Waals surface area contributed by atoms with Crippen LogP contribution in [0.15, 0.2) is 12.1 Å². The van der Waals surface area contributed by atoms with E-state index in [1.54, 1.807) is 6.07 Å². The maximum Gasteiger partial charge on any atom is 0.166 e. The van der Waals surface area contributed by atoms with Gasteiger partial charge in [0.15, 0.2) is 11.6 Å². The molecule has 0 saturated carbocycles. The molecule has 3 N–H and O–H groups in total. The van der Waals surface area contributed by atoms with Crippen LogP contribution in [-0.4, -0.2) is 11.8 Å². The van der Waals surface area contributed by atoms with E-state index in [1.165, 1.54) is 6.07 Å². The first-order valence-electron chi connectivity index (χ1n) is 3.84. The average Bonchev–Trinajstić information content (AvgIpc) is 2.20. The molecule has 14 heavy (non-hydrogen) atoms. The first-order chi connectivity index (χ1) is 6.60. The Labute approximate surface area is 79.4 Å². The lowest BCUT2D eigenvalue weighted by molar-refractivity contribution is 0.396. The molecule has 0 amide bonds. The third-order valence-electron chi connectivity index (χ3n) is 1.79. The zero-order valence-electron chi connectivity index (χ0n) is 7.17. The number of nitrogens with zero attached hydrogens (tertiary/aromatic N) is 1. The number of alkyl halides is 1. The number of nitriles is 1. The highest BCUT2D eigenvalue weighted by Gasteiger charge is 2.15. The summed E-state index contributed by atoms with van der Waals surface area (Å²) < 4.78 is 25.1. The van der Waals surface area contributed by atoms with Gasteiger partial charge in [0.2, 0.25) is 0 Å². The standard InChI is InChI=1S/C9H8F2N2O/c10-3-8(13)6-1-5(4-12)2-7(11)9(6)14/h1-2,8,14H,3,13H2. The highest BCUT2D eigenvalue weighted by Crippen LogP contribution is 2.27. The van der Waals surface area contributed by atoms with Crippen molar-refractivity contribution < 1.29 is 13.9 Å². The number of nitrogens with two attached hydrogens (primary N) is 1. The third kappa shape index (κ3) is 1.80. The Bertz CT molecular complexity index is 387. The maximum absolute atomic E-state index is 12.9. The Kier molecular flexibility index (Phi) is 2.99. The van der Waals surface area contributed by atoms with E-state index in [-0.39, 0.29) is 11.1 Å². The molecule has 3 nitrogen and oxygen atoms in total. The molecule has 1 atom stereocenters. The molecular weight excluding hydrogens is 190 g/mol. The van der Waals surface area contributed by atoms with Crippen molar-refractivity contribution in [1.29, 1.82) is 5.26 Å². The molecule has 0 heterocycles. The predicted octanol–water partition coefficient (Wildman–Crippen LogP) is 1.37. The first-order valence-corrected chi connectivity index (χ1v) is 3.84. The highest BCUT2D eigenvalue weighted by molar-refractivity contribution is 5.44. The van der Waals surface area contributed by atoms with Crippen molar-refractivity contribution in [3.05, 3.63) is 29.1 Å². The normalized spacial score (nSPS) is 12.1. The molecule has 0 fully saturated rings. The van der Waals surface area contributed by atoms with E-state index < -0.39 is 24.3 Å². The van der Waals surface area contributed by atoms with Crippen molar-refractivity contribution in [3.8, 4) is 11.8 Å². The van der Waals surface area contributed by atoms with Gasteiger partial charge in [0.1, 0.15) is 6.67 Å². The largest absolute Gasteiger partial charge is 0.505 e. The second-order valence-corrected chi connectivity index (χ2v) is 2.77. The lowest BCUT2D eigenvalue weighted by Gasteiger charge is -2.10. The van der Waals surface area contributed by atoms with Gasteiger partial charge >= 0.3 is 0 Å². The summed E-state index contributed by atoms with van der Waals surface area (Å²) in [5.74, 6) is -1.67. The average molecular weight is 198 g/mol. The molecule has 0 aliphatic carbocycles. The van der Waals surface area contributed by atoms with Crippen LogP contribution in [0.2, 0.25) is 0 Å². The molecular formula is C9H8F2N2O. The summed E-state index contributed by atoms with van der Waals surface area (Å²) in [7, 11) is 0. The zero-order valence-corrected chi connectivity index (χ0v) is 7.17. The first kappa shape index (κ1) is 10.4. The van der Waals surface area contributed by atoms with Crippen LogP contribution in [0.1, 0.15) is 17.2 Å². The van der Waals surface area contributed by atoms with Crippen LogP contribution in [-0.2, 0) is 0 Å². The lowest BCUT2D eigenvalue weighted by atomic mass is 10.0. The van der Waals surface area contributed by atoms with E-state index >= 15 is 0 Å². The molecule has 0 spiro atoms. The molecule has 1 rings (SSSR count). The Hall–Kier alpha value is -1.67. The zero-order chi connectivity index (χ0) is 10.7. The fourth-order valence-electron chi connectivity index (χ4n) is 1.05. The smallest absolute Gasteiger partial charge is 0.166 e. The van der Waals surface area contributed by atoms with Gasteiger partial charge < -0.3 is 10.8 Å². The van der Waals surface area contributed by atoms with Crippen LogP contribution < -0.4 is 5.73 Å². The van der Waals surface area contributed by atoms with Crippen LogP contribution >= 0.6 is 0 Å². The topological polar surface area (TPSA) is 70.0 Å². The highest BCUT2D eigenvalue weighted by atomic mass is 19.1. The van der Waals surface area contributed by atoms with Gasteiger partial charge in [-0.25, -0.2) is 8.78 Å². The number of hydrogen-bond donors (Lipinski definition) is 2. The minimum atomic E-state index is -1.11. The maximum atomic E-state index is 12.9. The van der Waals surface area contributed by atoms with Gasteiger partial charge in [-0.15, -0.1) is 0 Å². The molecule has 0 aliphatic heterocycles. The fraction of sp³-hybridized carbons (Fsp3) is 0.222. The summed E-state index contributed by atoms with van der Waals surface area (Å²) in [6.07, 6.45) is 0. The number of hydrogen-bond acceptors (Lipinski definition) is 3. The number of halogens is 2. The SMILES string of the molecule is N#Cc1cc(F)c(O)c(C(N)CF)c1. The second-order valence-electron chi connectivity index (χ2n) is 2.77. The summed E-state index contributed by atoms with van der Waals surface area (Å²) in [4.78, 5) is 0. The van der Waals surface area contributed by atoms with E-state index in [1.807, 2.05) is 0 Å². The number of rotatable bonds is 2. The molecule has 1 unspecified atom stereocenters. The van der Waals surface area contributed by atoms with Gasteiger partial charge in [0, 0.05) is 5.56 Å². The minimum absolute atomic E-state index is 0.000741. The molecule has 1 aromatic rings. The minimum Gasteiger partial charge on any atom is -0.505 e. The summed E-state index contributed by atoms with van der Waals surface area (Å²) in [6.45, 7) is -0.929. The van der Waals surface area contributed by atoms with E-state index in [2.05, 4.69) is 0 Å². The van der Waals surface area contributed by atoms with Crippen LogP contribution in [0.25, 0.3) is 0 Å². The van der Waals surface area contributed by atoms with Crippen LogP contribution in [0, 0.1) is 17.1 Å². The number of aromatic hydroxyl groups is 1. The molecule has 0 bridgehead atoms. The Balaban J connectivity index is 3.28. The van der Waals surface area contributed by atoms with Crippen molar-refractivity contribution >= 4 is 0 Å². The molecule has 74 valence electrons. The van der Waals surface area contributed by atoms with Gasteiger partial charge in [-0.3, -0.25) is 0 Å². The quantitative estimate of drug-likeness (QED) is 0.753. The van der Waals surface area contributed by atoms with E-state index in [9.17, 15) is 13.9 Å². The Morgan fingerprint density at radius 3 is 2.71 bits per heavy atom. The Morgan fingerprint density at radius 1 is 1.57 bits per heavy atom. The number of benzene rings is 1. The van der Waals surface area contributed by atoms with Crippen molar-refractivity contribution in [3.63, 3.8) is 0 Å².